The Morgan fingerprint density at radius 2 is 1.84 bits per heavy atom. The van der Waals surface area contributed by atoms with Crippen LogP contribution in [0.3, 0.4) is 0 Å². The summed E-state index contributed by atoms with van der Waals surface area (Å²) >= 11 is 0. The lowest BCUT2D eigenvalue weighted by molar-refractivity contribution is 1.03. The van der Waals surface area contributed by atoms with Crippen LogP contribution in [0.15, 0.2) is 24.3 Å². The second-order valence-corrected chi connectivity index (χ2v) is 4.50. The van der Waals surface area contributed by atoms with Crippen LogP contribution in [-0.4, -0.2) is 16.7 Å². The molecule has 0 radical (unpaired) electrons. The smallest absolute Gasteiger partial charge is 0.149 e. The topological polar surface area (TPSA) is 61.6 Å². The quantitative estimate of drug-likeness (QED) is 0.853. The van der Waals surface area contributed by atoms with Crippen molar-refractivity contribution in [1.82, 2.24) is 10.2 Å². The van der Waals surface area contributed by atoms with Crippen LogP contribution in [0.2, 0.25) is 0 Å². The highest BCUT2D eigenvalue weighted by molar-refractivity contribution is 5.66. The van der Waals surface area contributed by atoms with Crippen LogP contribution in [0.25, 0.3) is 11.3 Å². The minimum Gasteiger partial charge on any atom is -0.356 e. The molecule has 0 saturated heterocycles. The van der Waals surface area contributed by atoms with Crippen molar-refractivity contribution >= 4 is 5.82 Å². The fraction of sp³-hybridized carbons (Fsp3) is 0.267. The van der Waals surface area contributed by atoms with Gasteiger partial charge in [0.15, 0.2) is 0 Å². The van der Waals surface area contributed by atoms with Crippen molar-refractivity contribution in [3.63, 3.8) is 0 Å². The second kappa shape index (κ2) is 5.49. The summed E-state index contributed by atoms with van der Waals surface area (Å²) in [6.45, 7) is 6.55. The molecular formula is C15H16N4. The van der Waals surface area contributed by atoms with Gasteiger partial charge in [0.1, 0.15) is 12.4 Å². The first-order chi connectivity index (χ1) is 9.13. The highest BCUT2D eigenvalue weighted by Gasteiger charge is 2.07. The molecule has 0 aliphatic carbocycles. The first kappa shape index (κ1) is 13.0. The first-order valence-corrected chi connectivity index (χ1v) is 6.15. The second-order valence-electron chi connectivity index (χ2n) is 4.50. The molecule has 1 aromatic heterocycles. The SMILES string of the molecule is Cc1ccc(-c2ccc(NCC#N)nn2)c(C)c1C. The van der Waals surface area contributed by atoms with Gasteiger partial charge in [-0.05, 0) is 49.6 Å². The normalized spacial score (nSPS) is 10.0. The van der Waals surface area contributed by atoms with Crippen LogP contribution in [0.1, 0.15) is 16.7 Å². The minimum atomic E-state index is 0.233. The van der Waals surface area contributed by atoms with Crippen LogP contribution < -0.4 is 5.32 Å². The van der Waals surface area contributed by atoms with Crippen molar-refractivity contribution in [2.75, 3.05) is 11.9 Å². The van der Waals surface area contributed by atoms with E-state index in [0.717, 1.165) is 11.3 Å². The molecule has 0 spiro atoms. The van der Waals surface area contributed by atoms with Crippen LogP contribution in [0.4, 0.5) is 5.82 Å². The van der Waals surface area contributed by atoms with Gasteiger partial charge in [-0.25, -0.2) is 0 Å². The fourth-order valence-electron chi connectivity index (χ4n) is 1.93. The van der Waals surface area contributed by atoms with E-state index in [4.69, 9.17) is 5.26 Å². The number of nitrogens with zero attached hydrogens (tertiary/aromatic N) is 3. The number of anilines is 1. The molecule has 0 amide bonds. The van der Waals surface area contributed by atoms with Gasteiger partial charge < -0.3 is 5.32 Å². The standard InChI is InChI=1S/C15H16N4/c1-10-4-5-13(12(3)11(10)2)14-6-7-15(19-18-14)17-9-8-16/h4-7H,9H2,1-3H3,(H,17,19). The molecule has 4 nitrogen and oxygen atoms in total. The van der Waals surface area contributed by atoms with Crippen LogP contribution >= 0.6 is 0 Å². The van der Waals surface area contributed by atoms with Crippen molar-refractivity contribution in [1.29, 1.82) is 5.26 Å². The molecule has 0 aliphatic heterocycles. The Kier molecular flexibility index (Phi) is 3.76. The molecule has 96 valence electrons. The van der Waals surface area contributed by atoms with Gasteiger partial charge in [0.2, 0.25) is 0 Å². The highest BCUT2D eigenvalue weighted by Crippen LogP contribution is 2.25. The summed E-state index contributed by atoms with van der Waals surface area (Å²) in [6.07, 6.45) is 0. The number of benzene rings is 1. The predicted molar refractivity (Wildman–Crippen MR) is 75.8 cm³/mol. The van der Waals surface area contributed by atoms with Gasteiger partial charge in [-0.1, -0.05) is 12.1 Å². The van der Waals surface area contributed by atoms with Gasteiger partial charge in [0, 0.05) is 5.56 Å². The lowest BCUT2D eigenvalue weighted by Crippen LogP contribution is -2.02. The fourth-order valence-corrected chi connectivity index (χ4v) is 1.93. The maximum absolute atomic E-state index is 8.49. The van der Waals surface area contributed by atoms with Crippen LogP contribution in [-0.2, 0) is 0 Å². The van der Waals surface area contributed by atoms with Gasteiger partial charge in [-0.3, -0.25) is 0 Å². The van der Waals surface area contributed by atoms with E-state index in [1.165, 1.54) is 16.7 Å². The van der Waals surface area contributed by atoms with Crippen molar-refractivity contribution in [2.45, 2.75) is 20.8 Å². The molecule has 0 atom stereocenters. The largest absolute Gasteiger partial charge is 0.356 e. The summed E-state index contributed by atoms with van der Waals surface area (Å²) in [5.41, 5.74) is 5.74. The maximum atomic E-state index is 8.49. The van der Waals surface area contributed by atoms with E-state index in [1.54, 1.807) is 0 Å². The third-order valence-electron chi connectivity index (χ3n) is 3.35. The number of nitriles is 1. The maximum Gasteiger partial charge on any atom is 0.149 e. The van der Waals surface area contributed by atoms with Crippen molar-refractivity contribution in [3.05, 3.63) is 41.0 Å². The number of hydrogen-bond donors (Lipinski definition) is 1. The number of aryl methyl sites for hydroxylation is 1. The molecule has 2 rings (SSSR count). The average molecular weight is 252 g/mol. The Morgan fingerprint density at radius 3 is 2.47 bits per heavy atom. The summed E-state index contributed by atoms with van der Waals surface area (Å²) in [5, 5.41) is 19.7. The molecule has 2 aromatic rings. The Labute approximate surface area is 113 Å². The molecule has 0 aliphatic rings. The number of rotatable bonds is 3. The van der Waals surface area contributed by atoms with Crippen molar-refractivity contribution in [3.8, 4) is 17.3 Å². The van der Waals surface area contributed by atoms with E-state index in [0.29, 0.717) is 5.82 Å². The monoisotopic (exact) mass is 252 g/mol. The third-order valence-corrected chi connectivity index (χ3v) is 3.35. The van der Waals surface area contributed by atoms with E-state index in [2.05, 4.69) is 48.4 Å². The van der Waals surface area contributed by atoms with Crippen LogP contribution in [0, 0.1) is 32.1 Å². The van der Waals surface area contributed by atoms with Gasteiger partial charge in [0.25, 0.3) is 0 Å². The zero-order chi connectivity index (χ0) is 13.8. The van der Waals surface area contributed by atoms with Gasteiger partial charge in [-0.2, -0.15) is 5.26 Å². The number of nitrogens with one attached hydrogen (secondary N) is 1. The molecular weight excluding hydrogens is 236 g/mol. The Hall–Kier alpha value is -2.41. The van der Waals surface area contributed by atoms with E-state index < -0.39 is 0 Å². The molecule has 1 aromatic carbocycles. The Bertz CT molecular complexity index is 624. The molecule has 0 saturated carbocycles. The number of hydrogen-bond acceptors (Lipinski definition) is 4. The van der Waals surface area contributed by atoms with E-state index >= 15 is 0 Å². The molecule has 0 unspecified atom stereocenters. The summed E-state index contributed by atoms with van der Waals surface area (Å²) in [4.78, 5) is 0. The Morgan fingerprint density at radius 1 is 1.05 bits per heavy atom. The highest BCUT2D eigenvalue weighted by atomic mass is 15.2. The summed E-state index contributed by atoms with van der Waals surface area (Å²) in [5.74, 6) is 0.617. The molecule has 4 heteroatoms. The van der Waals surface area contributed by atoms with Crippen molar-refractivity contribution in [2.24, 2.45) is 0 Å². The first-order valence-electron chi connectivity index (χ1n) is 6.15. The van der Waals surface area contributed by atoms with E-state index in [-0.39, 0.29) is 6.54 Å². The summed E-state index contributed by atoms with van der Waals surface area (Å²) < 4.78 is 0. The third kappa shape index (κ3) is 2.71. The molecule has 0 fully saturated rings. The van der Waals surface area contributed by atoms with Gasteiger partial charge >= 0.3 is 0 Å². The lowest BCUT2D eigenvalue weighted by atomic mass is 9.97. The molecule has 19 heavy (non-hydrogen) atoms. The molecule has 1 heterocycles. The summed E-state index contributed by atoms with van der Waals surface area (Å²) in [7, 11) is 0. The van der Waals surface area contributed by atoms with Crippen molar-refractivity contribution < 1.29 is 0 Å². The average Bonchev–Trinajstić information content (AvgIpc) is 2.44. The van der Waals surface area contributed by atoms with E-state index in [1.807, 2.05) is 18.2 Å². The Balaban J connectivity index is 2.33. The molecule has 1 N–H and O–H groups in total. The van der Waals surface area contributed by atoms with Gasteiger partial charge in [-0.15, -0.1) is 10.2 Å². The summed E-state index contributed by atoms with van der Waals surface area (Å²) in [6, 6.07) is 9.94. The minimum absolute atomic E-state index is 0.233. The number of aromatic nitrogens is 2. The van der Waals surface area contributed by atoms with Gasteiger partial charge in [0.05, 0.1) is 11.8 Å². The van der Waals surface area contributed by atoms with E-state index in [9.17, 15) is 0 Å². The lowest BCUT2D eigenvalue weighted by Gasteiger charge is -2.10. The predicted octanol–water partition coefficient (Wildman–Crippen LogP) is 3.00. The molecule has 0 bridgehead atoms. The zero-order valence-electron chi connectivity index (χ0n) is 11.4. The van der Waals surface area contributed by atoms with Crippen LogP contribution in [0.5, 0.6) is 0 Å². The zero-order valence-corrected chi connectivity index (χ0v) is 11.4.